The van der Waals surface area contributed by atoms with E-state index in [2.05, 4.69) is 21.5 Å². The van der Waals surface area contributed by atoms with Crippen LogP contribution in [0.15, 0.2) is 41.8 Å². The molecule has 27 heavy (non-hydrogen) atoms. The van der Waals surface area contributed by atoms with Gasteiger partial charge in [0, 0.05) is 6.54 Å². The van der Waals surface area contributed by atoms with E-state index in [1.54, 1.807) is 29.6 Å². The molecule has 0 unspecified atom stereocenters. The number of thiophene rings is 1. The van der Waals surface area contributed by atoms with Crippen LogP contribution in [0.25, 0.3) is 0 Å². The summed E-state index contributed by atoms with van der Waals surface area (Å²) in [6.07, 6.45) is 0. The van der Waals surface area contributed by atoms with Gasteiger partial charge in [0.25, 0.3) is 11.8 Å². The van der Waals surface area contributed by atoms with E-state index in [1.165, 1.54) is 23.5 Å². The molecule has 0 saturated heterocycles. The first-order chi connectivity index (χ1) is 12.9. The van der Waals surface area contributed by atoms with Gasteiger partial charge in [-0.2, -0.15) is 0 Å². The highest BCUT2D eigenvalue weighted by Gasteiger charge is 2.25. The van der Waals surface area contributed by atoms with Crippen LogP contribution in [-0.2, 0) is 11.3 Å². The van der Waals surface area contributed by atoms with Crippen molar-refractivity contribution in [2.24, 2.45) is 5.92 Å². The van der Waals surface area contributed by atoms with Gasteiger partial charge in [0.1, 0.15) is 11.9 Å². The van der Waals surface area contributed by atoms with Gasteiger partial charge in [-0.25, -0.2) is 4.39 Å². The van der Waals surface area contributed by atoms with Crippen LogP contribution in [0.5, 0.6) is 0 Å². The lowest BCUT2D eigenvalue weighted by Gasteiger charge is -2.22. The highest BCUT2D eigenvalue weighted by molar-refractivity contribution is 7.80. The SMILES string of the molecule is CC(C)[C@H](NC(=O)c1cccs1)C(=O)NNC(=S)NCc1ccc(F)cc1. The van der Waals surface area contributed by atoms with Crippen molar-refractivity contribution in [3.63, 3.8) is 0 Å². The molecule has 9 heteroatoms. The number of hydrogen-bond donors (Lipinski definition) is 4. The summed E-state index contributed by atoms with van der Waals surface area (Å²) >= 11 is 6.41. The van der Waals surface area contributed by atoms with Crippen molar-refractivity contribution in [1.29, 1.82) is 0 Å². The normalized spacial score (nSPS) is 11.6. The Balaban J connectivity index is 1.81. The number of thiocarbonyl (C=S) groups is 1. The first kappa shape index (κ1) is 20.8. The van der Waals surface area contributed by atoms with Gasteiger partial charge < -0.3 is 10.6 Å². The molecule has 4 N–H and O–H groups in total. The lowest BCUT2D eigenvalue weighted by molar-refractivity contribution is -0.124. The van der Waals surface area contributed by atoms with Crippen molar-refractivity contribution in [2.45, 2.75) is 26.4 Å². The number of hydrazine groups is 1. The monoisotopic (exact) mass is 408 g/mol. The first-order valence-corrected chi connectivity index (χ1v) is 9.58. The molecule has 0 aliphatic rings. The fourth-order valence-electron chi connectivity index (χ4n) is 2.18. The summed E-state index contributed by atoms with van der Waals surface area (Å²) in [5.41, 5.74) is 5.94. The second-order valence-electron chi connectivity index (χ2n) is 6.10. The van der Waals surface area contributed by atoms with Gasteiger partial charge >= 0.3 is 0 Å². The Hall–Kier alpha value is -2.52. The van der Waals surface area contributed by atoms with Crippen LogP contribution < -0.4 is 21.5 Å². The second-order valence-corrected chi connectivity index (χ2v) is 7.45. The summed E-state index contributed by atoms with van der Waals surface area (Å²) in [5.74, 6) is -1.12. The zero-order chi connectivity index (χ0) is 19.8. The fourth-order valence-corrected chi connectivity index (χ4v) is 2.93. The number of nitrogens with one attached hydrogen (secondary N) is 4. The van der Waals surface area contributed by atoms with Crippen LogP contribution in [0, 0.1) is 11.7 Å². The Morgan fingerprint density at radius 2 is 1.85 bits per heavy atom. The van der Waals surface area contributed by atoms with Crippen LogP contribution in [0.3, 0.4) is 0 Å². The molecule has 0 saturated carbocycles. The summed E-state index contributed by atoms with van der Waals surface area (Å²) in [4.78, 5) is 25.1. The van der Waals surface area contributed by atoms with E-state index in [1.807, 2.05) is 13.8 Å². The second kappa shape index (κ2) is 9.98. The highest BCUT2D eigenvalue weighted by Crippen LogP contribution is 2.10. The van der Waals surface area contributed by atoms with Gasteiger partial charge in [-0.1, -0.05) is 32.0 Å². The Morgan fingerprint density at radius 1 is 1.15 bits per heavy atom. The summed E-state index contributed by atoms with van der Waals surface area (Å²) in [5, 5.41) is 7.63. The quantitative estimate of drug-likeness (QED) is 0.436. The van der Waals surface area contributed by atoms with E-state index in [0.29, 0.717) is 11.4 Å². The number of benzene rings is 1. The molecule has 6 nitrogen and oxygen atoms in total. The van der Waals surface area contributed by atoms with Gasteiger partial charge in [-0.3, -0.25) is 20.4 Å². The van der Waals surface area contributed by atoms with E-state index in [0.717, 1.165) is 5.56 Å². The van der Waals surface area contributed by atoms with E-state index in [4.69, 9.17) is 12.2 Å². The molecule has 0 fully saturated rings. The summed E-state index contributed by atoms with van der Waals surface area (Å²) in [6, 6.07) is 8.75. The van der Waals surface area contributed by atoms with Crippen molar-refractivity contribution in [3.8, 4) is 0 Å². The largest absolute Gasteiger partial charge is 0.357 e. The highest BCUT2D eigenvalue weighted by atomic mass is 32.1. The Kier molecular flexibility index (Phi) is 7.68. The minimum atomic E-state index is -0.716. The molecule has 0 aliphatic carbocycles. The van der Waals surface area contributed by atoms with Crippen molar-refractivity contribution in [2.75, 3.05) is 0 Å². The predicted molar refractivity (Wildman–Crippen MR) is 108 cm³/mol. The van der Waals surface area contributed by atoms with E-state index >= 15 is 0 Å². The smallest absolute Gasteiger partial charge is 0.262 e. The van der Waals surface area contributed by atoms with E-state index in [-0.39, 0.29) is 22.8 Å². The molecule has 0 aliphatic heterocycles. The standard InChI is InChI=1S/C18H21FN4O2S2/c1-11(2)15(21-16(24)14-4-3-9-27-14)17(25)22-23-18(26)20-10-12-5-7-13(19)8-6-12/h3-9,11,15H,10H2,1-2H3,(H,21,24)(H,22,25)(H2,20,23,26)/t15-/m0/s1. The topological polar surface area (TPSA) is 82.3 Å². The van der Waals surface area contributed by atoms with Crippen molar-refractivity contribution in [1.82, 2.24) is 21.5 Å². The van der Waals surface area contributed by atoms with Crippen molar-refractivity contribution in [3.05, 3.63) is 58.0 Å². The molecule has 1 aromatic carbocycles. The number of halogens is 1. The van der Waals surface area contributed by atoms with E-state index < -0.39 is 11.9 Å². The van der Waals surface area contributed by atoms with Gasteiger partial charge in [0.15, 0.2) is 5.11 Å². The number of carbonyl (C=O) groups is 2. The van der Waals surface area contributed by atoms with Crippen molar-refractivity contribution < 1.29 is 14.0 Å². The molecule has 144 valence electrons. The van der Waals surface area contributed by atoms with Gasteiger partial charge in [-0.15, -0.1) is 11.3 Å². The zero-order valence-corrected chi connectivity index (χ0v) is 16.5. The molecule has 0 spiro atoms. The van der Waals surface area contributed by atoms with Crippen LogP contribution in [0.4, 0.5) is 4.39 Å². The molecule has 2 amide bonds. The Bertz CT molecular complexity index is 779. The number of amides is 2. The average Bonchev–Trinajstić information content (AvgIpc) is 3.18. The predicted octanol–water partition coefficient (Wildman–Crippen LogP) is 2.34. The molecule has 2 aromatic rings. The molecule has 1 aromatic heterocycles. The number of hydrogen-bond acceptors (Lipinski definition) is 4. The Labute approximate surface area is 166 Å². The van der Waals surface area contributed by atoms with Crippen LogP contribution in [0.2, 0.25) is 0 Å². The molecule has 1 heterocycles. The summed E-state index contributed by atoms with van der Waals surface area (Å²) < 4.78 is 12.9. The van der Waals surface area contributed by atoms with Crippen LogP contribution in [-0.4, -0.2) is 23.0 Å². The Morgan fingerprint density at radius 3 is 2.44 bits per heavy atom. The molecule has 1 atom stereocenters. The number of rotatable bonds is 6. The lowest BCUT2D eigenvalue weighted by Crippen LogP contribution is -2.55. The minimum Gasteiger partial charge on any atom is -0.357 e. The molecule has 0 radical (unpaired) electrons. The lowest BCUT2D eigenvalue weighted by atomic mass is 10.0. The summed E-state index contributed by atoms with van der Waals surface area (Å²) in [6.45, 7) is 4.05. The maximum absolute atomic E-state index is 12.9. The van der Waals surface area contributed by atoms with Crippen LogP contribution >= 0.6 is 23.6 Å². The van der Waals surface area contributed by atoms with Gasteiger partial charge in [0.2, 0.25) is 0 Å². The van der Waals surface area contributed by atoms with E-state index in [9.17, 15) is 14.0 Å². The average molecular weight is 409 g/mol. The van der Waals surface area contributed by atoms with Gasteiger partial charge in [-0.05, 0) is 47.3 Å². The number of carbonyl (C=O) groups excluding carboxylic acids is 2. The summed E-state index contributed by atoms with van der Waals surface area (Å²) in [7, 11) is 0. The zero-order valence-electron chi connectivity index (χ0n) is 14.9. The fraction of sp³-hybridized carbons (Fsp3) is 0.278. The third-order valence-corrected chi connectivity index (χ3v) is 4.76. The molecule has 0 bridgehead atoms. The van der Waals surface area contributed by atoms with Gasteiger partial charge in [0.05, 0.1) is 4.88 Å². The molecular formula is C18H21FN4O2S2. The molecular weight excluding hydrogens is 387 g/mol. The van der Waals surface area contributed by atoms with Crippen LogP contribution in [0.1, 0.15) is 29.1 Å². The first-order valence-electron chi connectivity index (χ1n) is 8.29. The maximum Gasteiger partial charge on any atom is 0.262 e. The third kappa shape index (κ3) is 6.61. The molecule has 2 rings (SSSR count). The minimum absolute atomic E-state index is 0.114. The third-order valence-electron chi connectivity index (χ3n) is 3.65. The van der Waals surface area contributed by atoms with Crippen molar-refractivity contribution >= 4 is 40.5 Å². The maximum atomic E-state index is 12.9.